The van der Waals surface area contributed by atoms with Gasteiger partial charge in [0, 0.05) is 31.1 Å². The fraction of sp³-hybridized carbons (Fsp3) is 0.562. The number of hydrogen-bond donors (Lipinski definition) is 3. The third kappa shape index (κ3) is 5.94. The van der Waals surface area contributed by atoms with Gasteiger partial charge in [0.15, 0.2) is 0 Å². The number of ether oxygens (including phenoxy) is 2. The molecule has 4 N–H and O–H groups in total. The Morgan fingerprint density at radius 1 is 1.45 bits per heavy atom. The van der Waals surface area contributed by atoms with Crippen molar-refractivity contribution in [2.24, 2.45) is 5.73 Å². The Bertz CT molecular complexity index is 809. The zero-order valence-corrected chi connectivity index (χ0v) is 20.7. The van der Waals surface area contributed by atoms with Crippen molar-refractivity contribution in [3.8, 4) is 0 Å². The average Bonchev–Trinajstić information content (AvgIpc) is 2.68. The van der Waals surface area contributed by atoms with E-state index in [4.69, 9.17) is 20.3 Å². The van der Waals surface area contributed by atoms with Crippen LogP contribution in [0.25, 0.3) is 0 Å². The summed E-state index contributed by atoms with van der Waals surface area (Å²) < 4.78 is 10.1. The van der Waals surface area contributed by atoms with E-state index < -0.39 is 52.6 Å². The molecule has 0 unspecified atom stereocenters. The number of carbonyl (C=O) groups is 5. The number of β-lactam (4-membered cyclic amide) rings is 1. The molecule has 0 spiro atoms. The van der Waals surface area contributed by atoms with Crippen LogP contribution >= 0.6 is 23.5 Å². The maximum absolute atomic E-state index is 12.8. The number of aliphatic carboxylic acids is 2. The second kappa shape index (κ2) is 11.5. The molecule has 0 saturated carbocycles. The molecule has 0 bridgehead atoms. The fourth-order valence-corrected chi connectivity index (χ4v) is 5.02. The van der Waals surface area contributed by atoms with Gasteiger partial charge >= 0.3 is 41.5 Å². The summed E-state index contributed by atoms with van der Waals surface area (Å²) in [6.45, 7) is 0.856. The van der Waals surface area contributed by atoms with E-state index >= 15 is 0 Å². The molecule has 2 aliphatic heterocycles. The first kappa shape index (κ1) is 27.7. The molecule has 1 saturated heterocycles. The molecule has 12 nitrogen and oxygen atoms in total. The molecular formula is C16H20N3NaO9S2. The van der Waals surface area contributed by atoms with Gasteiger partial charge in [-0.25, -0.2) is 0 Å². The van der Waals surface area contributed by atoms with Crippen LogP contribution in [0.4, 0.5) is 0 Å². The third-order valence-corrected chi connectivity index (χ3v) is 6.68. The summed E-state index contributed by atoms with van der Waals surface area (Å²) in [7, 11) is 1.19. The number of hydrogen-bond acceptors (Lipinski definition) is 11. The van der Waals surface area contributed by atoms with Crippen LogP contribution < -0.4 is 45.7 Å². The van der Waals surface area contributed by atoms with Crippen LogP contribution in [0.15, 0.2) is 11.3 Å². The standard InChI is InChI=1S/C16H21N3O9S2.Na/c1-7(20)28-3-8-4-30-15-16(27-2,14(26)19(15)11(8)13(24)25)18-10(21)6-29-5-9(17)12(22)23;/h9,15H,3-6,17H2,1-2H3,(H,18,21)(H,22,23)(H,24,25);/q;+1/p-1/t9-,15-,16+;/m1./s1. The Labute approximate surface area is 207 Å². The van der Waals surface area contributed by atoms with E-state index in [1.165, 1.54) is 14.0 Å². The fourth-order valence-electron chi connectivity index (χ4n) is 2.82. The predicted molar refractivity (Wildman–Crippen MR) is 103 cm³/mol. The number of carboxylic acids is 2. The third-order valence-electron chi connectivity index (χ3n) is 4.25. The van der Waals surface area contributed by atoms with Crippen LogP contribution in [-0.4, -0.2) is 87.8 Å². The molecule has 2 heterocycles. The number of nitrogens with two attached hydrogens (primary N) is 1. The number of carboxylic acid groups (broad SMARTS) is 2. The Morgan fingerprint density at radius 2 is 2.10 bits per heavy atom. The van der Waals surface area contributed by atoms with Crippen molar-refractivity contribution >= 4 is 53.2 Å². The van der Waals surface area contributed by atoms with Gasteiger partial charge in [0.1, 0.15) is 18.0 Å². The van der Waals surface area contributed by atoms with Crippen LogP contribution in [0.5, 0.6) is 0 Å². The number of nitrogens with zero attached hydrogens (tertiary/aromatic N) is 1. The summed E-state index contributed by atoms with van der Waals surface area (Å²) in [5, 5.41) is 21.9. The van der Waals surface area contributed by atoms with Gasteiger partial charge in [0.2, 0.25) is 5.91 Å². The van der Waals surface area contributed by atoms with Crippen molar-refractivity contribution in [1.29, 1.82) is 0 Å². The topological polar surface area (TPSA) is 188 Å². The smallest absolute Gasteiger partial charge is 0.543 e. The zero-order valence-electron chi connectivity index (χ0n) is 17.0. The molecule has 0 aromatic carbocycles. The normalized spacial score (nSPS) is 23.1. The van der Waals surface area contributed by atoms with Crippen molar-refractivity contribution in [2.75, 3.05) is 31.0 Å². The number of rotatable bonds is 10. The van der Waals surface area contributed by atoms with Gasteiger partial charge in [0.05, 0.1) is 17.4 Å². The Morgan fingerprint density at radius 3 is 2.61 bits per heavy atom. The Balaban J connectivity index is 0.00000480. The maximum Gasteiger partial charge on any atom is 1.00 e. The summed E-state index contributed by atoms with van der Waals surface area (Å²) in [5.74, 6) is -4.96. The SMILES string of the molecule is CO[C@@]1(NC(=O)CSC[C@@H](N)C(=O)O)C(=O)N2C(C(=O)[O-])=C(COC(C)=O)CS[C@@H]21.[Na+]. The number of nitrogens with one attached hydrogen (secondary N) is 1. The summed E-state index contributed by atoms with van der Waals surface area (Å²) in [4.78, 5) is 59.3. The Kier molecular flexibility index (Phi) is 10.3. The zero-order chi connectivity index (χ0) is 22.6. The second-order valence-corrected chi connectivity index (χ2v) is 8.40. The maximum atomic E-state index is 12.8. The van der Waals surface area contributed by atoms with Crippen LogP contribution in [0.3, 0.4) is 0 Å². The molecule has 0 aromatic rings. The predicted octanol–water partition coefficient (Wildman–Crippen LogP) is -5.92. The molecule has 0 aliphatic carbocycles. The number of esters is 1. The first-order valence-electron chi connectivity index (χ1n) is 8.49. The van der Waals surface area contributed by atoms with E-state index in [1.54, 1.807) is 0 Å². The van der Waals surface area contributed by atoms with Gasteiger partial charge in [-0.1, -0.05) is 0 Å². The second-order valence-electron chi connectivity index (χ2n) is 6.31. The molecule has 3 atom stereocenters. The van der Waals surface area contributed by atoms with Gasteiger partial charge in [-0.05, 0) is 0 Å². The number of thioether (sulfide) groups is 2. The summed E-state index contributed by atoms with van der Waals surface area (Å²) in [5.41, 5.74) is 3.34. The van der Waals surface area contributed by atoms with E-state index in [0.29, 0.717) is 0 Å². The first-order chi connectivity index (χ1) is 14.0. The van der Waals surface area contributed by atoms with Crippen molar-refractivity contribution in [3.05, 3.63) is 11.3 Å². The van der Waals surface area contributed by atoms with Crippen LogP contribution in [-0.2, 0) is 33.4 Å². The minimum absolute atomic E-state index is 0. The molecule has 15 heteroatoms. The molecule has 0 radical (unpaired) electrons. The quantitative estimate of drug-likeness (QED) is 0.115. The van der Waals surface area contributed by atoms with Crippen molar-refractivity contribution in [1.82, 2.24) is 10.2 Å². The molecule has 1 fully saturated rings. The molecule has 2 rings (SSSR count). The van der Waals surface area contributed by atoms with Gasteiger partial charge < -0.3 is 35.5 Å². The molecule has 166 valence electrons. The summed E-state index contributed by atoms with van der Waals surface area (Å²) in [6.07, 6.45) is 0. The summed E-state index contributed by atoms with van der Waals surface area (Å²) >= 11 is 2.09. The van der Waals surface area contributed by atoms with Crippen molar-refractivity contribution < 1.29 is 73.2 Å². The van der Waals surface area contributed by atoms with Gasteiger partial charge in [-0.2, -0.15) is 0 Å². The number of fused-ring (bicyclic) bond motifs is 1. The first-order valence-corrected chi connectivity index (χ1v) is 10.7. The van der Waals surface area contributed by atoms with Crippen LogP contribution in [0.2, 0.25) is 0 Å². The number of methoxy groups -OCH3 is 1. The van der Waals surface area contributed by atoms with E-state index in [-0.39, 0.29) is 59.0 Å². The van der Waals surface area contributed by atoms with Crippen molar-refractivity contribution in [3.63, 3.8) is 0 Å². The van der Waals surface area contributed by atoms with E-state index in [2.05, 4.69) is 5.32 Å². The van der Waals surface area contributed by atoms with Crippen LogP contribution in [0, 0.1) is 0 Å². The minimum Gasteiger partial charge on any atom is -0.543 e. The van der Waals surface area contributed by atoms with E-state index in [9.17, 15) is 29.1 Å². The van der Waals surface area contributed by atoms with Gasteiger partial charge in [-0.3, -0.25) is 24.1 Å². The summed E-state index contributed by atoms with van der Waals surface area (Å²) in [6, 6.07) is -1.14. The monoisotopic (exact) mass is 485 g/mol. The molecule has 31 heavy (non-hydrogen) atoms. The molecule has 0 aromatic heterocycles. The van der Waals surface area contributed by atoms with Gasteiger partial charge in [0.25, 0.3) is 11.6 Å². The van der Waals surface area contributed by atoms with E-state index in [1.807, 2.05) is 0 Å². The van der Waals surface area contributed by atoms with Crippen LogP contribution in [0.1, 0.15) is 6.92 Å². The molecule has 2 amide bonds. The molecule has 2 aliphatic rings. The Hall–Kier alpha value is -1.29. The van der Waals surface area contributed by atoms with E-state index in [0.717, 1.165) is 28.4 Å². The number of amides is 2. The van der Waals surface area contributed by atoms with Gasteiger partial charge in [-0.15, -0.1) is 23.5 Å². The molecular weight excluding hydrogens is 465 g/mol. The van der Waals surface area contributed by atoms with Crippen molar-refractivity contribution in [2.45, 2.75) is 24.1 Å². The average molecular weight is 485 g/mol. The largest absolute Gasteiger partial charge is 1.00 e. The minimum atomic E-state index is -1.79. The number of carbonyl (C=O) groups excluding carboxylic acids is 4.